The third kappa shape index (κ3) is 5.03. The third-order valence-electron chi connectivity index (χ3n) is 4.88. The first-order valence-corrected chi connectivity index (χ1v) is 11.0. The molecule has 0 saturated heterocycles. The summed E-state index contributed by atoms with van der Waals surface area (Å²) in [4.78, 5) is 12.9. The molecule has 2 aromatic heterocycles. The first kappa shape index (κ1) is 22.1. The van der Waals surface area contributed by atoms with Crippen LogP contribution in [0.3, 0.4) is 0 Å². The van der Waals surface area contributed by atoms with E-state index in [4.69, 9.17) is 20.9 Å². The second kappa shape index (κ2) is 9.58. The lowest BCUT2D eigenvalue weighted by Gasteiger charge is -2.08. The Bertz CT molecular complexity index is 1250. The van der Waals surface area contributed by atoms with E-state index in [1.165, 1.54) is 0 Å². The number of nitrogens with zero attached hydrogens (tertiary/aromatic N) is 3. The number of rotatable bonds is 7. The topological polar surface area (TPSA) is 82.2 Å². The summed E-state index contributed by atoms with van der Waals surface area (Å²) in [5.41, 5.74) is 2.72. The van der Waals surface area contributed by atoms with Gasteiger partial charge in [-0.15, -0.1) is 0 Å². The number of aryl methyl sites for hydroxylation is 2. The lowest BCUT2D eigenvalue weighted by molar-refractivity contribution is 0.101. The monoisotopic (exact) mass is 514 g/mol. The number of ether oxygens (including phenoxy) is 1. The van der Waals surface area contributed by atoms with Gasteiger partial charge >= 0.3 is 0 Å². The molecule has 1 amide bonds. The van der Waals surface area contributed by atoms with Crippen molar-refractivity contribution in [3.63, 3.8) is 0 Å². The smallest absolute Gasteiger partial charge is 0.279 e. The maximum atomic E-state index is 12.9. The first-order chi connectivity index (χ1) is 15.4. The molecule has 0 fully saturated rings. The Morgan fingerprint density at radius 2 is 1.94 bits per heavy atom. The Morgan fingerprint density at radius 1 is 1.19 bits per heavy atom. The summed E-state index contributed by atoms with van der Waals surface area (Å²) in [6.45, 7) is 4.35. The lowest BCUT2D eigenvalue weighted by atomic mass is 10.2. The van der Waals surface area contributed by atoms with Gasteiger partial charge in [0.25, 0.3) is 5.91 Å². The minimum absolute atomic E-state index is 0.0961. The number of amides is 1. The van der Waals surface area contributed by atoms with Gasteiger partial charge in [0.1, 0.15) is 18.1 Å². The highest BCUT2D eigenvalue weighted by Gasteiger charge is 2.22. The Balaban J connectivity index is 1.46. The summed E-state index contributed by atoms with van der Waals surface area (Å²) in [5, 5.41) is 11.7. The number of hydrogen-bond acceptors (Lipinski definition) is 5. The van der Waals surface area contributed by atoms with Crippen molar-refractivity contribution in [1.82, 2.24) is 14.9 Å². The largest absolute Gasteiger partial charge is 0.487 e. The zero-order valence-electron chi connectivity index (χ0n) is 17.4. The van der Waals surface area contributed by atoms with Crippen LogP contribution in [0.15, 0.2) is 63.6 Å². The molecule has 0 aliphatic rings. The summed E-state index contributed by atoms with van der Waals surface area (Å²) in [6.07, 6.45) is 0. The Labute approximate surface area is 198 Å². The standard InChI is InChI=1S/C23H20BrClN4O3/c1-14-11-21(27-29(14)12-16-7-9-17(24)10-8-16)26-23(30)22-18(15(2)32-28-22)13-31-20-6-4-3-5-19(20)25/h3-11H,12-13H2,1-2H3,(H,26,27,30). The van der Waals surface area contributed by atoms with Gasteiger partial charge < -0.3 is 14.6 Å². The molecular formula is C23H20BrClN4O3. The fourth-order valence-corrected chi connectivity index (χ4v) is 3.58. The van der Waals surface area contributed by atoms with Gasteiger partial charge in [-0.25, -0.2) is 0 Å². The van der Waals surface area contributed by atoms with E-state index in [1.807, 2.05) is 54.1 Å². The minimum Gasteiger partial charge on any atom is -0.487 e. The molecule has 0 bridgehead atoms. The van der Waals surface area contributed by atoms with Crippen LogP contribution in [0.1, 0.15) is 33.1 Å². The van der Waals surface area contributed by atoms with Gasteiger partial charge in [0.2, 0.25) is 0 Å². The molecule has 0 spiro atoms. The van der Waals surface area contributed by atoms with Gasteiger partial charge in [-0.2, -0.15) is 5.10 Å². The Morgan fingerprint density at radius 3 is 2.69 bits per heavy atom. The molecule has 9 heteroatoms. The molecule has 4 rings (SSSR count). The van der Waals surface area contributed by atoms with Gasteiger partial charge in [0.05, 0.1) is 17.1 Å². The number of benzene rings is 2. The van der Waals surface area contributed by atoms with Crippen LogP contribution >= 0.6 is 27.5 Å². The minimum atomic E-state index is -0.423. The fourth-order valence-electron chi connectivity index (χ4n) is 3.12. The van der Waals surface area contributed by atoms with E-state index in [9.17, 15) is 4.79 Å². The van der Waals surface area contributed by atoms with E-state index in [0.717, 1.165) is 15.7 Å². The molecule has 4 aromatic rings. The number of carbonyl (C=O) groups excluding carboxylic acids is 1. The molecule has 7 nitrogen and oxygen atoms in total. The molecule has 2 aromatic carbocycles. The van der Waals surface area contributed by atoms with Crippen LogP contribution in [0.4, 0.5) is 5.82 Å². The quantitative estimate of drug-likeness (QED) is 0.337. The molecule has 0 saturated carbocycles. The molecule has 0 aliphatic heterocycles. The van der Waals surface area contributed by atoms with E-state index in [2.05, 4.69) is 31.5 Å². The van der Waals surface area contributed by atoms with Crippen molar-refractivity contribution < 1.29 is 14.1 Å². The molecule has 1 N–H and O–H groups in total. The maximum Gasteiger partial charge on any atom is 0.279 e. The Kier molecular flexibility index (Phi) is 6.62. The van der Waals surface area contributed by atoms with Crippen LogP contribution in [-0.4, -0.2) is 20.8 Å². The second-order valence-corrected chi connectivity index (χ2v) is 8.52. The number of halogens is 2. The van der Waals surface area contributed by atoms with Crippen LogP contribution in [0, 0.1) is 13.8 Å². The zero-order valence-corrected chi connectivity index (χ0v) is 19.8. The van der Waals surface area contributed by atoms with Crippen molar-refractivity contribution in [2.75, 3.05) is 5.32 Å². The predicted octanol–water partition coefficient (Wildman–Crippen LogP) is 5.78. The van der Waals surface area contributed by atoms with E-state index < -0.39 is 5.91 Å². The van der Waals surface area contributed by atoms with Crippen LogP contribution in [0.5, 0.6) is 5.75 Å². The molecule has 0 radical (unpaired) electrons. The number of anilines is 1. The summed E-state index contributed by atoms with van der Waals surface area (Å²) >= 11 is 9.58. The van der Waals surface area contributed by atoms with Crippen LogP contribution in [-0.2, 0) is 13.2 Å². The Hall–Kier alpha value is -3.10. The number of nitrogens with one attached hydrogen (secondary N) is 1. The summed E-state index contributed by atoms with van der Waals surface area (Å²) in [7, 11) is 0. The van der Waals surface area contributed by atoms with Crippen molar-refractivity contribution in [2.24, 2.45) is 0 Å². The summed E-state index contributed by atoms with van der Waals surface area (Å²) in [5.74, 6) is 1.03. The van der Waals surface area contributed by atoms with Crippen molar-refractivity contribution in [2.45, 2.75) is 27.0 Å². The van der Waals surface area contributed by atoms with Crippen LogP contribution in [0.25, 0.3) is 0 Å². The molecule has 0 atom stereocenters. The van der Waals surface area contributed by atoms with Gasteiger partial charge in [-0.1, -0.05) is 57.0 Å². The molecule has 0 aliphatic carbocycles. The summed E-state index contributed by atoms with van der Waals surface area (Å²) in [6, 6.07) is 16.9. The molecule has 2 heterocycles. The fraction of sp³-hybridized carbons (Fsp3) is 0.174. The number of hydrogen-bond donors (Lipinski definition) is 1. The van der Waals surface area contributed by atoms with Gasteiger partial charge in [-0.3, -0.25) is 9.48 Å². The molecular weight excluding hydrogens is 496 g/mol. The van der Waals surface area contributed by atoms with E-state index >= 15 is 0 Å². The second-order valence-electron chi connectivity index (χ2n) is 7.19. The van der Waals surface area contributed by atoms with E-state index in [-0.39, 0.29) is 12.3 Å². The van der Waals surface area contributed by atoms with Crippen LogP contribution < -0.4 is 10.1 Å². The van der Waals surface area contributed by atoms with Gasteiger partial charge in [0.15, 0.2) is 11.5 Å². The number of carbonyl (C=O) groups is 1. The van der Waals surface area contributed by atoms with E-state index in [0.29, 0.717) is 34.5 Å². The van der Waals surface area contributed by atoms with E-state index in [1.54, 1.807) is 19.1 Å². The average Bonchev–Trinajstić information content (AvgIpc) is 3.31. The normalized spacial score (nSPS) is 10.9. The maximum absolute atomic E-state index is 12.9. The lowest BCUT2D eigenvalue weighted by Crippen LogP contribution is -2.16. The number of para-hydroxylation sites is 1. The van der Waals surface area contributed by atoms with Crippen molar-refractivity contribution in [3.8, 4) is 5.75 Å². The van der Waals surface area contributed by atoms with Crippen LogP contribution in [0.2, 0.25) is 5.02 Å². The highest BCUT2D eigenvalue weighted by molar-refractivity contribution is 9.10. The number of aromatic nitrogens is 3. The highest BCUT2D eigenvalue weighted by atomic mass is 79.9. The summed E-state index contributed by atoms with van der Waals surface area (Å²) < 4.78 is 13.8. The highest BCUT2D eigenvalue weighted by Crippen LogP contribution is 2.25. The average molecular weight is 516 g/mol. The SMILES string of the molecule is Cc1onc(C(=O)Nc2cc(C)n(Cc3ccc(Br)cc3)n2)c1COc1ccccc1Cl. The molecule has 164 valence electrons. The van der Waals surface area contributed by atoms with Crippen molar-refractivity contribution in [1.29, 1.82) is 0 Å². The molecule has 0 unspecified atom stereocenters. The van der Waals surface area contributed by atoms with Gasteiger partial charge in [0, 0.05) is 16.2 Å². The zero-order chi connectivity index (χ0) is 22.7. The first-order valence-electron chi connectivity index (χ1n) is 9.83. The van der Waals surface area contributed by atoms with Crippen molar-refractivity contribution >= 4 is 39.3 Å². The van der Waals surface area contributed by atoms with Gasteiger partial charge in [-0.05, 0) is 43.7 Å². The third-order valence-corrected chi connectivity index (χ3v) is 5.72. The molecule has 32 heavy (non-hydrogen) atoms. The van der Waals surface area contributed by atoms with Crippen molar-refractivity contribution in [3.05, 3.63) is 92.4 Å². The predicted molar refractivity (Wildman–Crippen MR) is 125 cm³/mol.